The molecule has 2 aromatic carbocycles. The number of aromatic nitrogens is 4. The Hall–Kier alpha value is -3.80. The van der Waals surface area contributed by atoms with Crippen LogP contribution in [-0.2, 0) is 19.5 Å². The molecule has 2 aromatic heterocycles. The summed E-state index contributed by atoms with van der Waals surface area (Å²) in [6.07, 6.45) is 2.40. The van der Waals surface area contributed by atoms with E-state index in [1.165, 1.54) is 0 Å². The third kappa shape index (κ3) is 4.12. The predicted molar refractivity (Wildman–Crippen MR) is 129 cm³/mol. The molecule has 0 saturated carbocycles. The predicted octanol–water partition coefficient (Wildman–Crippen LogP) is 0.194. The number of carbonyl (C=O) groups excluding carboxylic acids is 1. The van der Waals surface area contributed by atoms with Gasteiger partial charge in [0.05, 0.1) is 23.0 Å². The van der Waals surface area contributed by atoms with Crippen molar-refractivity contribution in [3.05, 3.63) is 71.0 Å². The van der Waals surface area contributed by atoms with Gasteiger partial charge in [0.1, 0.15) is 5.82 Å². The van der Waals surface area contributed by atoms with Crippen LogP contribution in [0.4, 0.5) is 5.82 Å². The SMILES string of the molecule is CN1CCc2c(nc(-n3ncc4c(C(N)=O)cccc43)nc2NCc2cccc(B(O)O)c2)C1. The number of rotatable bonds is 6. The fourth-order valence-corrected chi connectivity index (χ4v) is 4.26. The van der Waals surface area contributed by atoms with Gasteiger partial charge < -0.3 is 26.0 Å². The Labute approximate surface area is 196 Å². The van der Waals surface area contributed by atoms with Crippen LogP contribution >= 0.6 is 0 Å². The van der Waals surface area contributed by atoms with Crippen molar-refractivity contribution in [3.63, 3.8) is 0 Å². The Morgan fingerprint density at radius 1 is 1.21 bits per heavy atom. The van der Waals surface area contributed by atoms with E-state index in [9.17, 15) is 14.8 Å². The second-order valence-corrected chi connectivity index (χ2v) is 8.42. The van der Waals surface area contributed by atoms with Gasteiger partial charge in [-0.1, -0.05) is 30.3 Å². The molecule has 1 aliphatic rings. The molecule has 0 unspecified atom stereocenters. The van der Waals surface area contributed by atoms with Crippen LogP contribution in [0.15, 0.2) is 48.7 Å². The number of benzene rings is 2. The first-order valence-corrected chi connectivity index (χ1v) is 10.9. The van der Waals surface area contributed by atoms with Gasteiger partial charge >= 0.3 is 7.12 Å². The molecule has 3 heterocycles. The Morgan fingerprint density at radius 2 is 2.03 bits per heavy atom. The van der Waals surface area contributed by atoms with Gasteiger partial charge in [0.2, 0.25) is 5.91 Å². The average molecular weight is 457 g/mol. The van der Waals surface area contributed by atoms with E-state index in [1.807, 2.05) is 19.2 Å². The molecule has 0 bridgehead atoms. The molecule has 4 aromatic rings. The van der Waals surface area contributed by atoms with Gasteiger partial charge in [-0.05, 0) is 36.6 Å². The zero-order chi connectivity index (χ0) is 23.8. The first kappa shape index (κ1) is 22.0. The summed E-state index contributed by atoms with van der Waals surface area (Å²) >= 11 is 0. The monoisotopic (exact) mass is 457 g/mol. The van der Waals surface area contributed by atoms with E-state index in [-0.39, 0.29) is 0 Å². The van der Waals surface area contributed by atoms with Gasteiger partial charge in [-0.15, -0.1) is 0 Å². The smallest absolute Gasteiger partial charge is 0.423 e. The van der Waals surface area contributed by atoms with Crippen LogP contribution in [0.3, 0.4) is 0 Å². The number of carbonyl (C=O) groups is 1. The summed E-state index contributed by atoms with van der Waals surface area (Å²) in [5, 5.41) is 27.4. The number of nitrogens with zero attached hydrogens (tertiary/aromatic N) is 5. The van der Waals surface area contributed by atoms with Gasteiger partial charge in [-0.3, -0.25) is 4.79 Å². The maximum Gasteiger partial charge on any atom is 0.488 e. The highest BCUT2D eigenvalue weighted by atomic mass is 16.4. The average Bonchev–Trinajstić information content (AvgIpc) is 3.26. The highest BCUT2D eigenvalue weighted by molar-refractivity contribution is 6.58. The topological polar surface area (TPSA) is 142 Å². The molecule has 11 heteroatoms. The molecule has 0 radical (unpaired) electrons. The second kappa shape index (κ2) is 8.86. The number of nitrogens with two attached hydrogens (primary N) is 1. The summed E-state index contributed by atoms with van der Waals surface area (Å²) in [5.41, 5.74) is 9.90. The lowest BCUT2D eigenvalue weighted by molar-refractivity contribution is 0.100. The van der Waals surface area contributed by atoms with Crippen LogP contribution in [-0.4, -0.2) is 61.3 Å². The van der Waals surface area contributed by atoms with Crippen molar-refractivity contribution in [1.82, 2.24) is 24.6 Å². The first-order valence-electron chi connectivity index (χ1n) is 10.9. The summed E-state index contributed by atoms with van der Waals surface area (Å²) in [5.74, 6) is 0.584. The summed E-state index contributed by atoms with van der Waals surface area (Å²) in [6.45, 7) is 2.02. The molecule has 0 atom stereocenters. The zero-order valence-electron chi connectivity index (χ0n) is 18.6. The molecule has 0 spiro atoms. The van der Waals surface area contributed by atoms with Gasteiger partial charge in [0.15, 0.2) is 0 Å². The van der Waals surface area contributed by atoms with Crippen LogP contribution < -0.4 is 16.5 Å². The number of fused-ring (bicyclic) bond motifs is 2. The lowest BCUT2D eigenvalue weighted by Gasteiger charge is -2.26. The number of hydrogen-bond donors (Lipinski definition) is 4. The minimum atomic E-state index is -1.52. The number of nitrogens with one attached hydrogen (secondary N) is 1. The minimum absolute atomic E-state index is 0.394. The van der Waals surface area contributed by atoms with Crippen molar-refractivity contribution in [2.45, 2.75) is 19.5 Å². The van der Waals surface area contributed by atoms with Crippen molar-refractivity contribution in [2.24, 2.45) is 5.73 Å². The molecule has 0 aliphatic carbocycles. The Bertz CT molecular complexity index is 1390. The minimum Gasteiger partial charge on any atom is -0.423 e. The zero-order valence-corrected chi connectivity index (χ0v) is 18.6. The molecule has 10 nitrogen and oxygen atoms in total. The van der Waals surface area contributed by atoms with E-state index in [2.05, 4.69) is 15.3 Å². The molecule has 34 heavy (non-hydrogen) atoms. The third-order valence-electron chi connectivity index (χ3n) is 6.02. The molecule has 5 rings (SSSR count). The molecule has 5 N–H and O–H groups in total. The van der Waals surface area contributed by atoms with Gasteiger partial charge in [0.25, 0.3) is 5.95 Å². The van der Waals surface area contributed by atoms with Crippen LogP contribution in [0.1, 0.15) is 27.2 Å². The molecule has 0 fully saturated rings. The van der Waals surface area contributed by atoms with Gasteiger partial charge in [-0.2, -0.15) is 14.8 Å². The summed E-state index contributed by atoms with van der Waals surface area (Å²) in [7, 11) is 0.527. The molecular weight excluding hydrogens is 433 g/mol. The van der Waals surface area contributed by atoms with Gasteiger partial charge in [0, 0.05) is 30.6 Å². The van der Waals surface area contributed by atoms with Crippen LogP contribution in [0, 0.1) is 0 Å². The molecule has 1 amide bonds. The Balaban J connectivity index is 1.55. The fraction of sp³-hybridized carbons (Fsp3) is 0.217. The normalized spacial score (nSPS) is 13.6. The van der Waals surface area contributed by atoms with E-state index in [0.29, 0.717) is 46.8 Å². The van der Waals surface area contributed by atoms with E-state index < -0.39 is 13.0 Å². The highest BCUT2D eigenvalue weighted by Gasteiger charge is 2.22. The lowest BCUT2D eigenvalue weighted by atomic mass is 9.79. The lowest BCUT2D eigenvalue weighted by Crippen LogP contribution is -2.30. The Kier molecular flexibility index (Phi) is 5.74. The number of likely N-dealkylation sites (N-methyl/N-ethyl adjacent to an activating group) is 1. The fourth-order valence-electron chi connectivity index (χ4n) is 4.26. The van der Waals surface area contributed by atoms with E-state index >= 15 is 0 Å². The van der Waals surface area contributed by atoms with E-state index in [1.54, 1.807) is 41.2 Å². The largest absolute Gasteiger partial charge is 0.488 e. The number of primary amides is 1. The number of hydrogen-bond acceptors (Lipinski definition) is 8. The van der Waals surface area contributed by atoms with Crippen LogP contribution in [0.5, 0.6) is 0 Å². The van der Waals surface area contributed by atoms with E-state index in [0.717, 1.165) is 29.8 Å². The van der Waals surface area contributed by atoms with E-state index in [4.69, 9.17) is 15.7 Å². The number of amides is 1. The van der Waals surface area contributed by atoms with Crippen molar-refractivity contribution in [3.8, 4) is 5.95 Å². The summed E-state index contributed by atoms with van der Waals surface area (Å²) < 4.78 is 1.62. The second-order valence-electron chi connectivity index (χ2n) is 8.42. The Morgan fingerprint density at radius 3 is 2.82 bits per heavy atom. The summed E-state index contributed by atoms with van der Waals surface area (Å²) in [4.78, 5) is 23.6. The number of anilines is 1. The van der Waals surface area contributed by atoms with Gasteiger partial charge in [-0.25, -0.2) is 4.98 Å². The molecule has 172 valence electrons. The molecule has 1 aliphatic heterocycles. The van der Waals surface area contributed by atoms with Crippen molar-refractivity contribution >= 4 is 35.2 Å². The van der Waals surface area contributed by atoms with Crippen molar-refractivity contribution in [1.29, 1.82) is 0 Å². The maximum absolute atomic E-state index is 11.8. The standard InChI is InChI=1S/C23H24BN7O3/c1-30-9-8-17-19(13-30)28-23(31-20-7-3-6-16(21(25)32)18(20)12-27-31)29-22(17)26-11-14-4-2-5-15(10-14)24(33)34/h2-7,10,12,33-34H,8-9,11,13H2,1H3,(H2,25,32)(H,26,28,29). The molecular formula is C23H24BN7O3. The third-order valence-corrected chi connectivity index (χ3v) is 6.02. The van der Waals surface area contributed by atoms with Crippen molar-refractivity contribution < 1.29 is 14.8 Å². The first-order chi connectivity index (χ1) is 16.4. The van der Waals surface area contributed by atoms with Crippen LogP contribution in [0.2, 0.25) is 0 Å². The van der Waals surface area contributed by atoms with Crippen molar-refractivity contribution in [2.75, 3.05) is 18.9 Å². The van der Waals surface area contributed by atoms with Crippen LogP contribution in [0.25, 0.3) is 16.9 Å². The highest BCUT2D eigenvalue weighted by Crippen LogP contribution is 2.26. The maximum atomic E-state index is 11.8. The quantitative estimate of drug-likeness (QED) is 0.301. The molecule has 0 saturated heterocycles. The summed E-state index contributed by atoms with van der Waals surface area (Å²) in [6, 6.07) is 12.4.